The summed E-state index contributed by atoms with van der Waals surface area (Å²) in [5, 5.41) is 20.5. The predicted molar refractivity (Wildman–Crippen MR) is 209 cm³/mol. The molecule has 18 heteroatoms. The Labute approximate surface area is 326 Å². The number of benzene rings is 2. The second-order valence-corrected chi connectivity index (χ2v) is 12.8. The molecule has 1 aliphatic heterocycles. The molecule has 0 amide bonds. The maximum absolute atomic E-state index is 12.0. The number of rotatable bonds is 7. The smallest absolute Gasteiger partial charge is 0.537 e. The molecule has 5 heterocycles. The Kier molecular flexibility index (Phi) is 15.9. The lowest BCUT2D eigenvalue weighted by Crippen LogP contribution is -2.04. The number of ether oxygens (including phenoxy) is 5. The second-order valence-electron chi connectivity index (χ2n) is 10.3. The van der Waals surface area contributed by atoms with E-state index >= 15 is 0 Å². The van der Waals surface area contributed by atoms with Gasteiger partial charge in [-0.05, 0) is 94.4 Å². The van der Waals surface area contributed by atoms with Gasteiger partial charge in [0.05, 0.1) is 57.6 Å². The van der Waals surface area contributed by atoms with Crippen LogP contribution >= 0.6 is 45.2 Å². The van der Waals surface area contributed by atoms with Crippen molar-refractivity contribution in [2.24, 2.45) is 0 Å². The number of fused-ring (bicyclic) bond motifs is 2. The molecule has 1 aliphatic rings. The molecule has 0 spiro atoms. The lowest BCUT2D eigenvalue weighted by atomic mass is 10.2. The largest absolute Gasteiger partial charge is 0.569 e. The van der Waals surface area contributed by atoms with E-state index in [9.17, 15) is 9.59 Å². The number of carbonyl (C=O) groups is 2. The average Bonchev–Trinajstić information content (AvgIpc) is 3.96. The van der Waals surface area contributed by atoms with Gasteiger partial charge in [0.2, 0.25) is 11.8 Å². The van der Waals surface area contributed by atoms with E-state index in [2.05, 4.69) is 75.2 Å². The molecule has 52 heavy (non-hydrogen) atoms. The molecule has 4 aromatic heterocycles. The zero-order valence-corrected chi connectivity index (χ0v) is 32.9. The van der Waals surface area contributed by atoms with Gasteiger partial charge >= 0.3 is 19.6 Å². The minimum Gasteiger partial charge on any atom is -0.537 e. The third-order valence-electron chi connectivity index (χ3n) is 7.00. The Balaban J connectivity index is 0.000000173. The highest BCUT2D eigenvalue weighted by Gasteiger charge is 2.20. The number of nitrogens with zero attached hydrogens (tertiary/aromatic N) is 5. The third kappa shape index (κ3) is 11.0. The molecule has 1 fully saturated rings. The van der Waals surface area contributed by atoms with Gasteiger partial charge in [-0.15, -0.1) is 0 Å². The fourth-order valence-electron chi connectivity index (χ4n) is 4.53. The number of hydrogen-bond acceptors (Lipinski definition) is 13. The van der Waals surface area contributed by atoms with E-state index in [1.165, 1.54) is 41.3 Å². The topological polar surface area (TPSA) is 182 Å². The van der Waals surface area contributed by atoms with Crippen LogP contribution in [0.4, 0.5) is 0 Å². The van der Waals surface area contributed by atoms with Gasteiger partial charge in [0, 0.05) is 43.3 Å². The summed E-state index contributed by atoms with van der Waals surface area (Å²) in [5.74, 6) is 0.500. The predicted octanol–water partition coefficient (Wildman–Crippen LogP) is 5.57. The van der Waals surface area contributed by atoms with Crippen molar-refractivity contribution in [1.82, 2.24) is 29.9 Å². The van der Waals surface area contributed by atoms with Crippen LogP contribution in [0.15, 0.2) is 73.1 Å². The third-order valence-corrected chi connectivity index (χ3v) is 8.35. The monoisotopic (exact) mass is 935 g/mol. The van der Waals surface area contributed by atoms with E-state index in [-0.39, 0.29) is 11.4 Å². The molecular formula is C34H34BI2N6O9. The average molecular weight is 935 g/mol. The molecule has 0 atom stereocenters. The molecule has 7 rings (SSSR count). The van der Waals surface area contributed by atoms with Crippen LogP contribution in [-0.4, -0.2) is 96.2 Å². The highest BCUT2D eigenvalue weighted by Crippen LogP contribution is 2.26. The van der Waals surface area contributed by atoms with Crippen molar-refractivity contribution >= 4 is 86.6 Å². The van der Waals surface area contributed by atoms with Crippen molar-refractivity contribution in [2.75, 3.05) is 41.7 Å². The van der Waals surface area contributed by atoms with E-state index in [0.29, 0.717) is 47.0 Å². The molecule has 6 aromatic rings. The fraction of sp³-hybridized carbons (Fsp3) is 0.235. The number of aromatic amines is 1. The summed E-state index contributed by atoms with van der Waals surface area (Å²) in [6.07, 6.45) is 5.74. The number of pyridine rings is 2. The summed E-state index contributed by atoms with van der Waals surface area (Å²) in [4.78, 5) is 31.5. The van der Waals surface area contributed by atoms with Gasteiger partial charge in [-0.2, -0.15) is 10.2 Å². The first-order valence-electron chi connectivity index (χ1n) is 15.4. The van der Waals surface area contributed by atoms with Crippen LogP contribution in [0.5, 0.6) is 17.5 Å². The Bertz CT molecular complexity index is 2080. The maximum Gasteiger partial charge on any atom is 0.569 e. The zero-order chi connectivity index (χ0) is 37.5. The minimum absolute atomic E-state index is 0.230. The van der Waals surface area contributed by atoms with Crippen LogP contribution in [0.1, 0.15) is 33.8 Å². The fourth-order valence-corrected chi connectivity index (χ4v) is 5.57. The van der Waals surface area contributed by atoms with Crippen LogP contribution < -0.4 is 14.1 Å². The summed E-state index contributed by atoms with van der Waals surface area (Å²) in [5.41, 5.74) is 2.68. The van der Waals surface area contributed by atoms with Gasteiger partial charge in [-0.3, -0.25) is 5.10 Å². The standard InChI is InChI=1S/C15H12IN3O3.C9H9N3O3.C6H5BIO2.C4H8O/c1-21-13-7-11-12(8-17-13)19(18-14(11)15(20)22-2)10-5-3-4-9(16)6-10;1-14-7-3-5-6(4-10-7)11-12-8(5)9(13)15-2;8-5-2-1-3-6(4-5)10-7-9;1-2-4-5-3-1/h3-8H,1-2H3;3-4H,1-2H3,(H,11,12);1-4,9H;1-4H2. The van der Waals surface area contributed by atoms with E-state index < -0.39 is 11.9 Å². The molecule has 271 valence electrons. The highest BCUT2D eigenvalue weighted by atomic mass is 127. The van der Waals surface area contributed by atoms with E-state index in [1.54, 1.807) is 35.3 Å². The molecular weight excluding hydrogens is 901 g/mol. The minimum atomic E-state index is -0.498. The SMILES string of the molecule is C1CCOC1.COC(=O)c1n[nH]c2cnc(OC)cc12.COC(=O)c1nn(-c2cccc(I)c2)c2cnc(OC)cc12.O[B]Oc1cccc(I)c1. The van der Waals surface area contributed by atoms with Crippen molar-refractivity contribution in [2.45, 2.75) is 12.8 Å². The molecule has 2 aromatic carbocycles. The summed E-state index contributed by atoms with van der Waals surface area (Å²) < 4.78 is 33.0. The van der Waals surface area contributed by atoms with Crippen LogP contribution in [0, 0.1) is 7.14 Å². The Morgan fingerprint density at radius 2 is 1.44 bits per heavy atom. The van der Waals surface area contributed by atoms with Crippen molar-refractivity contribution < 1.29 is 43.0 Å². The quantitative estimate of drug-likeness (QED) is 0.115. The Hall–Kier alpha value is -4.54. The highest BCUT2D eigenvalue weighted by molar-refractivity contribution is 14.1. The van der Waals surface area contributed by atoms with Gasteiger partial charge in [-0.25, -0.2) is 24.2 Å². The first-order chi connectivity index (χ1) is 25.2. The molecule has 0 aliphatic carbocycles. The summed E-state index contributed by atoms with van der Waals surface area (Å²) >= 11 is 4.40. The van der Waals surface area contributed by atoms with Crippen LogP contribution in [-0.2, 0) is 14.2 Å². The summed E-state index contributed by atoms with van der Waals surface area (Å²) in [7, 11) is 6.34. The lowest BCUT2D eigenvalue weighted by Gasteiger charge is -2.04. The van der Waals surface area contributed by atoms with Crippen LogP contribution in [0.3, 0.4) is 0 Å². The first-order valence-corrected chi connectivity index (χ1v) is 17.6. The number of methoxy groups -OCH3 is 4. The summed E-state index contributed by atoms with van der Waals surface area (Å²) in [6.45, 7) is 2.00. The molecule has 15 nitrogen and oxygen atoms in total. The number of esters is 2. The molecule has 0 saturated carbocycles. The Morgan fingerprint density at radius 3 is 2.02 bits per heavy atom. The van der Waals surface area contributed by atoms with Crippen LogP contribution in [0.25, 0.3) is 27.5 Å². The number of halogens is 2. The van der Waals surface area contributed by atoms with Gasteiger partial charge < -0.3 is 33.4 Å². The molecule has 0 bridgehead atoms. The maximum atomic E-state index is 12.0. The van der Waals surface area contributed by atoms with Crippen LogP contribution in [0.2, 0.25) is 0 Å². The van der Waals surface area contributed by atoms with E-state index in [4.69, 9.17) is 28.6 Å². The van der Waals surface area contributed by atoms with Gasteiger partial charge in [-0.1, -0.05) is 12.1 Å². The summed E-state index contributed by atoms with van der Waals surface area (Å²) in [6, 6.07) is 18.5. The lowest BCUT2D eigenvalue weighted by molar-refractivity contribution is 0.0587. The van der Waals surface area contributed by atoms with E-state index in [1.807, 2.05) is 42.5 Å². The molecule has 0 unspecified atom stereocenters. The van der Waals surface area contributed by atoms with Crippen molar-refractivity contribution in [3.05, 3.63) is 91.6 Å². The first kappa shape index (κ1) is 40.2. The number of H-pyrrole nitrogens is 1. The molecule has 1 radical (unpaired) electrons. The van der Waals surface area contributed by atoms with E-state index in [0.717, 1.165) is 26.0 Å². The molecule has 2 N–H and O–H groups in total. The number of nitrogens with one attached hydrogen (secondary N) is 1. The number of hydrogen-bond donors (Lipinski definition) is 2. The van der Waals surface area contributed by atoms with Crippen molar-refractivity contribution in [3.8, 4) is 23.2 Å². The van der Waals surface area contributed by atoms with Crippen molar-refractivity contribution in [1.29, 1.82) is 0 Å². The normalized spacial score (nSPS) is 11.5. The van der Waals surface area contributed by atoms with Gasteiger partial charge in [0.1, 0.15) is 5.75 Å². The number of aromatic nitrogens is 6. The van der Waals surface area contributed by atoms with Gasteiger partial charge in [0.25, 0.3) is 0 Å². The second kappa shape index (κ2) is 20.5. The van der Waals surface area contributed by atoms with Gasteiger partial charge in [0.15, 0.2) is 11.4 Å². The Morgan fingerprint density at radius 1 is 0.827 bits per heavy atom. The number of carbonyl (C=O) groups excluding carboxylic acids is 2. The molecule has 1 saturated heterocycles. The van der Waals surface area contributed by atoms with Crippen molar-refractivity contribution in [3.63, 3.8) is 0 Å². The zero-order valence-electron chi connectivity index (χ0n) is 28.5.